The van der Waals surface area contributed by atoms with Gasteiger partial charge in [0.25, 0.3) is 0 Å². The molecule has 0 aromatic carbocycles. The van der Waals surface area contributed by atoms with Crippen LogP contribution in [0.4, 0.5) is 0 Å². The number of nitrogens with one attached hydrogen (secondary N) is 1. The van der Waals surface area contributed by atoms with E-state index in [0.29, 0.717) is 6.42 Å². The first-order valence-corrected chi connectivity index (χ1v) is 3.32. The summed E-state index contributed by atoms with van der Waals surface area (Å²) in [7, 11) is 0. The van der Waals surface area contributed by atoms with Gasteiger partial charge in [-0.05, 0) is 25.5 Å². The molecule has 0 unspecified atom stereocenters. The molecule has 0 aliphatic heterocycles. The van der Waals surface area contributed by atoms with Gasteiger partial charge in [-0.2, -0.15) is 0 Å². The van der Waals surface area contributed by atoms with Gasteiger partial charge in [0.05, 0.1) is 0 Å². The summed E-state index contributed by atoms with van der Waals surface area (Å²) >= 11 is 0. The summed E-state index contributed by atoms with van der Waals surface area (Å²) in [5, 5.41) is 0. The molecule has 0 bridgehead atoms. The molecule has 10 heavy (non-hydrogen) atoms. The van der Waals surface area contributed by atoms with Crippen LogP contribution in [0.2, 0.25) is 0 Å². The zero-order valence-corrected chi connectivity index (χ0v) is 6.27. The Labute approximate surface area is 60.3 Å². The smallest absolute Gasteiger partial charge is 0.125 e. The Morgan fingerprint density at radius 2 is 2.30 bits per heavy atom. The molecule has 0 spiro atoms. The minimum atomic E-state index is 0.500. The van der Waals surface area contributed by atoms with Gasteiger partial charge in [-0.15, -0.1) is 0 Å². The predicted molar refractivity (Wildman–Crippen MR) is 40.0 cm³/mol. The van der Waals surface area contributed by atoms with Gasteiger partial charge in [-0.3, -0.25) is 0 Å². The van der Waals surface area contributed by atoms with Gasteiger partial charge < -0.3 is 9.78 Å². The van der Waals surface area contributed by atoms with Gasteiger partial charge in [-0.25, -0.2) is 0 Å². The lowest BCUT2D eigenvalue weighted by Crippen LogP contribution is -1.87. The Morgan fingerprint density at radius 3 is 2.70 bits per heavy atom. The van der Waals surface area contributed by atoms with Crippen molar-refractivity contribution in [2.75, 3.05) is 0 Å². The molecule has 0 atom stereocenters. The molecule has 1 N–H and O–H groups in total. The fraction of sp³-hybridized carbons (Fsp3) is 0.375. The predicted octanol–water partition coefficient (Wildman–Crippen LogP) is 1.37. The molecule has 0 amide bonds. The summed E-state index contributed by atoms with van der Waals surface area (Å²) in [6.45, 7) is 3.99. The molecular formula is C8H11NO. The van der Waals surface area contributed by atoms with Crippen molar-refractivity contribution in [2.45, 2.75) is 20.3 Å². The van der Waals surface area contributed by atoms with Crippen molar-refractivity contribution in [3.8, 4) is 0 Å². The lowest BCUT2D eigenvalue weighted by molar-refractivity contribution is -0.107. The van der Waals surface area contributed by atoms with E-state index in [2.05, 4.69) is 4.98 Å². The molecule has 0 saturated heterocycles. The first-order valence-electron chi connectivity index (χ1n) is 3.32. The average Bonchev–Trinajstić information content (AvgIpc) is 2.13. The lowest BCUT2D eigenvalue weighted by atomic mass is 10.2. The Bertz CT molecular complexity index is 237. The molecule has 0 aliphatic rings. The van der Waals surface area contributed by atoms with E-state index in [-0.39, 0.29) is 0 Å². The summed E-state index contributed by atoms with van der Waals surface area (Å²) in [5.41, 5.74) is 3.33. The van der Waals surface area contributed by atoms with Crippen LogP contribution in [0.25, 0.3) is 0 Å². The lowest BCUT2D eigenvalue weighted by Gasteiger charge is -1.89. The minimum absolute atomic E-state index is 0.500. The molecule has 0 fully saturated rings. The third-order valence-corrected chi connectivity index (χ3v) is 1.54. The molecule has 54 valence electrons. The van der Waals surface area contributed by atoms with Crippen molar-refractivity contribution in [1.82, 2.24) is 4.98 Å². The highest BCUT2D eigenvalue weighted by molar-refractivity contribution is 5.55. The molecule has 0 radical (unpaired) electrons. The fourth-order valence-corrected chi connectivity index (χ4v) is 1.08. The van der Waals surface area contributed by atoms with E-state index in [9.17, 15) is 4.79 Å². The Balaban J connectivity index is 2.91. The second kappa shape index (κ2) is 2.69. The van der Waals surface area contributed by atoms with E-state index in [0.717, 1.165) is 17.7 Å². The zero-order valence-electron chi connectivity index (χ0n) is 6.27. The maximum Gasteiger partial charge on any atom is 0.125 e. The standard InChI is InChI=1S/C8H11NO/c1-6-5-7(2)9-8(6)3-4-10/h4-5,9H,3H2,1-2H3. The number of aromatic nitrogens is 1. The minimum Gasteiger partial charge on any atom is -0.362 e. The Morgan fingerprint density at radius 1 is 1.60 bits per heavy atom. The first-order chi connectivity index (χ1) is 4.74. The molecule has 1 aromatic heterocycles. The van der Waals surface area contributed by atoms with Crippen LogP contribution in [0, 0.1) is 13.8 Å². The summed E-state index contributed by atoms with van der Waals surface area (Å²) in [5.74, 6) is 0. The highest BCUT2D eigenvalue weighted by Crippen LogP contribution is 2.07. The number of H-pyrrole nitrogens is 1. The average molecular weight is 137 g/mol. The SMILES string of the molecule is Cc1cc(C)c(CC=O)[nH]1. The Kier molecular flexibility index (Phi) is 1.90. The van der Waals surface area contributed by atoms with Crippen LogP contribution in [-0.2, 0) is 11.2 Å². The number of carbonyl (C=O) groups is 1. The van der Waals surface area contributed by atoms with Crippen LogP contribution in [0.3, 0.4) is 0 Å². The van der Waals surface area contributed by atoms with E-state index in [1.807, 2.05) is 19.9 Å². The van der Waals surface area contributed by atoms with E-state index in [4.69, 9.17) is 0 Å². The van der Waals surface area contributed by atoms with Gasteiger partial charge in [-0.1, -0.05) is 0 Å². The van der Waals surface area contributed by atoms with E-state index < -0.39 is 0 Å². The molecular weight excluding hydrogens is 126 g/mol. The molecule has 0 aliphatic carbocycles. The van der Waals surface area contributed by atoms with Gasteiger partial charge in [0.15, 0.2) is 0 Å². The number of aryl methyl sites for hydroxylation is 2. The topological polar surface area (TPSA) is 32.9 Å². The third kappa shape index (κ3) is 1.26. The van der Waals surface area contributed by atoms with Gasteiger partial charge in [0.2, 0.25) is 0 Å². The fourth-order valence-electron chi connectivity index (χ4n) is 1.08. The number of aldehydes is 1. The molecule has 2 nitrogen and oxygen atoms in total. The van der Waals surface area contributed by atoms with Crippen molar-refractivity contribution >= 4 is 6.29 Å². The molecule has 0 saturated carbocycles. The first kappa shape index (κ1) is 7.06. The highest BCUT2D eigenvalue weighted by atomic mass is 16.1. The maximum absolute atomic E-state index is 10.1. The molecule has 1 aromatic rings. The van der Waals surface area contributed by atoms with E-state index in [1.54, 1.807) is 0 Å². The van der Waals surface area contributed by atoms with Gasteiger partial charge >= 0.3 is 0 Å². The van der Waals surface area contributed by atoms with Crippen LogP contribution in [0.15, 0.2) is 6.07 Å². The second-order valence-corrected chi connectivity index (χ2v) is 2.48. The summed E-state index contributed by atoms with van der Waals surface area (Å²) in [6.07, 6.45) is 1.41. The van der Waals surface area contributed by atoms with Gasteiger partial charge in [0.1, 0.15) is 6.29 Å². The van der Waals surface area contributed by atoms with Crippen LogP contribution < -0.4 is 0 Å². The van der Waals surface area contributed by atoms with Crippen LogP contribution >= 0.6 is 0 Å². The normalized spacial score (nSPS) is 9.80. The number of hydrogen-bond acceptors (Lipinski definition) is 1. The van der Waals surface area contributed by atoms with Gasteiger partial charge in [0, 0.05) is 17.8 Å². The molecule has 1 heterocycles. The van der Waals surface area contributed by atoms with E-state index in [1.165, 1.54) is 5.56 Å². The van der Waals surface area contributed by atoms with Crippen molar-refractivity contribution in [3.05, 3.63) is 23.0 Å². The van der Waals surface area contributed by atoms with Crippen molar-refractivity contribution in [1.29, 1.82) is 0 Å². The largest absolute Gasteiger partial charge is 0.362 e. The quantitative estimate of drug-likeness (QED) is 0.613. The third-order valence-electron chi connectivity index (χ3n) is 1.54. The number of carbonyl (C=O) groups excluding carboxylic acids is 1. The number of aromatic amines is 1. The maximum atomic E-state index is 10.1. The molecule has 1 rings (SSSR count). The summed E-state index contributed by atoms with van der Waals surface area (Å²) in [4.78, 5) is 13.2. The Hall–Kier alpha value is -1.05. The van der Waals surface area contributed by atoms with Crippen LogP contribution in [0.1, 0.15) is 17.0 Å². The summed E-state index contributed by atoms with van der Waals surface area (Å²) in [6, 6.07) is 2.04. The van der Waals surface area contributed by atoms with Crippen LogP contribution in [0.5, 0.6) is 0 Å². The van der Waals surface area contributed by atoms with Crippen molar-refractivity contribution in [3.63, 3.8) is 0 Å². The zero-order chi connectivity index (χ0) is 7.56. The van der Waals surface area contributed by atoms with Crippen molar-refractivity contribution < 1.29 is 4.79 Å². The summed E-state index contributed by atoms with van der Waals surface area (Å²) < 4.78 is 0. The van der Waals surface area contributed by atoms with E-state index >= 15 is 0 Å². The van der Waals surface area contributed by atoms with Crippen LogP contribution in [-0.4, -0.2) is 11.3 Å². The number of rotatable bonds is 2. The second-order valence-electron chi connectivity index (χ2n) is 2.48. The number of hydrogen-bond donors (Lipinski definition) is 1. The highest BCUT2D eigenvalue weighted by Gasteiger charge is 1.98. The monoisotopic (exact) mass is 137 g/mol. The van der Waals surface area contributed by atoms with Crippen molar-refractivity contribution in [2.24, 2.45) is 0 Å². The molecule has 2 heteroatoms.